The second-order valence-electron chi connectivity index (χ2n) is 11.3. The molecule has 12 nitrogen and oxygen atoms in total. The number of H-pyrrole nitrogens is 1. The number of fused-ring (bicyclic) bond motifs is 3. The van der Waals surface area contributed by atoms with E-state index in [2.05, 4.69) is 30.2 Å². The van der Waals surface area contributed by atoms with Crippen LogP contribution in [-0.4, -0.2) is 67.2 Å². The van der Waals surface area contributed by atoms with Gasteiger partial charge in [-0.2, -0.15) is 14.7 Å². The van der Waals surface area contributed by atoms with Crippen LogP contribution in [-0.2, 0) is 7.05 Å². The molecule has 1 saturated carbocycles. The van der Waals surface area contributed by atoms with Gasteiger partial charge in [-0.05, 0) is 50.5 Å². The van der Waals surface area contributed by atoms with Crippen molar-refractivity contribution in [1.82, 2.24) is 49.2 Å². The smallest absolute Gasteiger partial charge is 0.291 e. The molecule has 2 saturated heterocycles. The molecular formula is C28H29N11O. The van der Waals surface area contributed by atoms with E-state index in [0.717, 1.165) is 77.9 Å². The topological polar surface area (TPSA) is 149 Å². The lowest BCUT2D eigenvalue weighted by atomic mass is 9.85. The average Bonchev–Trinajstić information content (AvgIpc) is 3.31. The van der Waals surface area contributed by atoms with Crippen LogP contribution >= 0.6 is 0 Å². The molecule has 0 spiro atoms. The number of nitrogens with zero attached hydrogens (tertiary/aromatic N) is 9. The van der Waals surface area contributed by atoms with Crippen molar-refractivity contribution >= 4 is 17.4 Å². The highest BCUT2D eigenvalue weighted by molar-refractivity contribution is 5.91. The normalized spacial score (nSPS) is 22.3. The fourth-order valence-electron chi connectivity index (χ4n) is 6.76. The molecule has 3 fully saturated rings. The number of carbonyl (C=O) groups excluding carboxylic acids is 1. The number of nitrogens with two attached hydrogens (primary N) is 1. The van der Waals surface area contributed by atoms with Crippen molar-refractivity contribution in [2.45, 2.75) is 62.4 Å². The zero-order valence-corrected chi connectivity index (χ0v) is 22.1. The molecule has 1 unspecified atom stereocenters. The van der Waals surface area contributed by atoms with E-state index in [0.29, 0.717) is 17.6 Å². The molecule has 3 N–H and O–H groups in total. The number of pyridine rings is 1. The SMILES string of the molecule is Cn1cnc(-c2ccc(-c3cnn4c(N)c(C5CC5)c(C5C[C@H]6CC[C@@H](C5)N6C(=O)c5ncn[nH]5)nc34)cn2)c1. The molecule has 1 aliphatic carbocycles. The van der Waals surface area contributed by atoms with Crippen LogP contribution in [0, 0.1) is 0 Å². The van der Waals surface area contributed by atoms with Gasteiger partial charge >= 0.3 is 0 Å². The van der Waals surface area contributed by atoms with Crippen LogP contribution in [0.15, 0.2) is 43.4 Å². The van der Waals surface area contributed by atoms with Gasteiger partial charge in [0, 0.05) is 54.1 Å². The van der Waals surface area contributed by atoms with Crippen LogP contribution in [0.1, 0.15) is 72.2 Å². The standard InChI is InChI=1S/C28H29N11O/c1-37-12-22(32-14-37)21-7-4-16(10-30-21)20-11-34-39-25(29)23(15-2-3-15)24(35-27(20)39)17-8-18-5-6-19(9-17)38(18)28(40)26-31-13-33-36-26/h4,7,10-15,17-19H,2-3,5-6,8-9,29H2,1H3,(H,31,33,36)/t17?,18-,19+. The number of hydrogen-bond acceptors (Lipinski definition) is 8. The summed E-state index contributed by atoms with van der Waals surface area (Å²) in [6, 6.07) is 4.32. The fourth-order valence-corrected chi connectivity index (χ4v) is 6.76. The first-order chi connectivity index (χ1) is 19.5. The summed E-state index contributed by atoms with van der Waals surface area (Å²) in [6.45, 7) is 0. The van der Waals surface area contributed by atoms with Gasteiger partial charge in [0.2, 0.25) is 5.82 Å². The van der Waals surface area contributed by atoms with E-state index < -0.39 is 0 Å². The molecular weight excluding hydrogens is 506 g/mol. The first kappa shape index (κ1) is 23.3. The van der Waals surface area contributed by atoms with E-state index in [1.807, 2.05) is 47.2 Å². The Hall–Kier alpha value is -4.61. The predicted molar refractivity (Wildman–Crippen MR) is 146 cm³/mol. The first-order valence-corrected chi connectivity index (χ1v) is 13.8. The highest BCUT2D eigenvalue weighted by Crippen LogP contribution is 2.50. The monoisotopic (exact) mass is 535 g/mol. The third-order valence-corrected chi connectivity index (χ3v) is 8.75. The highest BCUT2D eigenvalue weighted by Gasteiger charge is 2.46. The maximum absolute atomic E-state index is 13.2. The molecule has 0 radical (unpaired) electrons. The molecule has 12 heteroatoms. The average molecular weight is 536 g/mol. The van der Waals surface area contributed by atoms with Crippen LogP contribution in [0.3, 0.4) is 0 Å². The van der Waals surface area contributed by atoms with Crippen LogP contribution in [0.25, 0.3) is 28.2 Å². The van der Waals surface area contributed by atoms with Crippen molar-refractivity contribution in [3.05, 3.63) is 60.5 Å². The second kappa shape index (κ2) is 8.70. The van der Waals surface area contributed by atoms with Crippen molar-refractivity contribution in [2.24, 2.45) is 7.05 Å². The molecule has 1 amide bonds. The fraction of sp³-hybridized carbons (Fsp3) is 0.393. The summed E-state index contributed by atoms with van der Waals surface area (Å²) in [5, 5.41) is 11.3. The quantitative estimate of drug-likeness (QED) is 0.348. The Labute approximate surface area is 229 Å². The molecule has 2 aliphatic heterocycles. The van der Waals surface area contributed by atoms with E-state index in [4.69, 9.17) is 10.7 Å². The summed E-state index contributed by atoms with van der Waals surface area (Å²) in [6.07, 6.45) is 14.7. The second-order valence-corrected chi connectivity index (χ2v) is 11.3. The highest BCUT2D eigenvalue weighted by atomic mass is 16.2. The summed E-state index contributed by atoms with van der Waals surface area (Å²) in [4.78, 5) is 33.7. The number of piperidine rings is 1. The van der Waals surface area contributed by atoms with Crippen LogP contribution in [0.4, 0.5) is 5.82 Å². The summed E-state index contributed by atoms with van der Waals surface area (Å²) >= 11 is 0. The van der Waals surface area contributed by atoms with Crippen LogP contribution in [0.2, 0.25) is 0 Å². The summed E-state index contributed by atoms with van der Waals surface area (Å²) in [5.74, 6) is 1.58. The molecule has 7 heterocycles. The Kier molecular flexibility index (Phi) is 5.07. The molecule has 202 valence electrons. The predicted octanol–water partition coefficient (Wildman–Crippen LogP) is 3.32. The van der Waals surface area contributed by atoms with E-state index in [9.17, 15) is 4.79 Å². The number of amides is 1. The number of carbonyl (C=O) groups is 1. The number of anilines is 1. The number of aromatic nitrogens is 9. The molecule has 40 heavy (non-hydrogen) atoms. The minimum Gasteiger partial charge on any atom is -0.383 e. The number of aromatic amines is 1. The number of imidazole rings is 1. The van der Waals surface area contributed by atoms with Crippen molar-refractivity contribution in [1.29, 1.82) is 0 Å². The van der Waals surface area contributed by atoms with Gasteiger partial charge in [0.05, 0.1) is 23.9 Å². The number of hydrogen-bond donors (Lipinski definition) is 2. The largest absolute Gasteiger partial charge is 0.383 e. The van der Waals surface area contributed by atoms with E-state index in [-0.39, 0.29) is 23.9 Å². The molecule has 5 aromatic heterocycles. The lowest BCUT2D eigenvalue weighted by Crippen LogP contribution is -2.46. The number of rotatable bonds is 5. The van der Waals surface area contributed by atoms with Gasteiger partial charge in [-0.15, -0.1) is 0 Å². The summed E-state index contributed by atoms with van der Waals surface area (Å²) in [7, 11) is 1.94. The Morgan fingerprint density at radius 3 is 2.48 bits per heavy atom. The molecule has 0 aromatic carbocycles. The first-order valence-electron chi connectivity index (χ1n) is 13.8. The number of nitrogen functional groups attached to an aromatic ring is 1. The summed E-state index contributed by atoms with van der Waals surface area (Å²) in [5.41, 5.74) is 13.3. The molecule has 3 aliphatic rings. The van der Waals surface area contributed by atoms with Crippen LogP contribution < -0.4 is 5.73 Å². The van der Waals surface area contributed by atoms with Gasteiger partial charge in [0.25, 0.3) is 5.91 Å². The molecule has 8 rings (SSSR count). The minimum atomic E-state index is -0.0616. The van der Waals surface area contributed by atoms with Gasteiger partial charge < -0.3 is 15.2 Å². The molecule has 5 aromatic rings. The van der Waals surface area contributed by atoms with Gasteiger partial charge in [0.1, 0.15) is 17.8 Å². The lowest BCUT2D eigenvalue weighted by molar-refractivity contribution is 0.0557. The molecule has 2 bridgehead atoms. The maximum atomic E-state index is 13.2. The van der Waals surface area contributed by atoms with E-state index in [1.165, 1.54) is 6.33 Å². The van der Waals surface area contributed by atoms with Crippen molar-refractivity contribution < 1.29 is 4.79 Å². The summed E-state index contributed by atoms with van der Waals surface area (Å²) < 4.78 is 3.69. The van der Waals surface area contributed by atoms with Crippen molar-refractivity contribution in [3.63, 3.8) is 0 Å². The zero-order valence-electron chi connectivity index (χ0n) is 22.1. The van der Waals surface area contributed by atoms with Crippen molar-refractivity contribution in [3.8, 4) is 22.5 Å². The van der Waals surface area contributed by atoms with Crippen LogP contribution in [0.5, 0.6) is 0 Å². The van der Waals surface area contributed by atoms with Gasteiger partial charge in [-0.25, -0.2) is 15.0 Å². The number of aryl methyl sites for hydroxylation is 1. The van der Waals surface area contributed by atoms with E-state index >= 15 is 0 Å². The Balaban J connectivity index is 1.16. The number of nitrogens with one attached hydrogen (secondary N) is 1. The van der Waals surface area contributed by atoms with Gasteiger partial charge in [-0.3, -0.25) is 14.9 Å². The van der Waals surface area contributed by atoms with Gasteiger partial charge in [0.15, 0.2) is 5.65 Å². The zero-order chi connectivity index (χ0) is 27.0. The Bertz CT molecular complexity index is 1720. The van der Waals surface area contributed by atoms with E-state index in [1.54, 1.807) is 10.8 Å². The third kappa shape index (κ3) is 3.62. The Morgan fingerprint density at radius 2 is 1.82 bits per heavy atom. The maximum Gasteiger partial charge on any atom is 0.291 e. The minimum absolute atomic E-state index is 0.0616. The van der Waals surface area contributed by atoms with Crippen molar-refractivity contribution in [2.75, 3.05) is 5.73 Å². The third-order valence-electron chi connectivity index (χ3n) is 8.75. The Morgan fingerprint density at radius 1 is 1.00 bits per heavy atom. The lowest BCUT2D eigenvalue weighted by Gasteiger charge is -2.39. The molecule has 3 atom stereocenters. The van der Waals surface area contributed by atoms with Gasteiger partial charge in [-0.1, -0.05) is 6.07 Å².